The predicted octanol–water partition coefficient (Wildman–Crippen LogP) is 3.48. The second-order valence-electron chi connectivity index (χ2n) is 6.17. The Bertz CT molecular complexity index is 742. The van der Waals surface area contributed by atoms with Gasteiger partial charge >= 0.3 is 0 Å². The van der Waals surface area contributed by atoms with E-state index in [-0.39, 0.29) is 24.7 Å². The minimum absolute atomic E-state index is 0.0150. The summed E-state index contributed by atoms with van der Waals surface area (Å²) in [6.45, 7) is 0.0822. The van der Waals surface area contributed by atoms with Crippen LogP contribution in [0.2, 0.25) is 0 Å². The van der Waals surface area contributed by atoms with Crippen molar-refractivity contribution >= 4 is 43.2 Å². The van der Waals surface area contributed by atoms with Gasteiger partial charge in [-0.05, 0) is 87.4 Å². The first-order valence-corrected chi connectivity index (χ1v) is 9.90. The number of allylic oxidation sites excluding steroid dienone is 2. The third-order valence-electron chi connectivity index (χ3n) is 4.36. The van der Waals surface area contributed by atoms with Crippen LogP contribution in [-0.2, 0) is 16.0 Å². The van der Waals surface area contributed by atoms with Crippen LogP contribution in [0.1, 0.15) is 30.4 Å². The van der Waals surface area contributed by atoms with Gasteiger partial charge < -0.3 is 20.1 Å². The van der Waals surface area contributed by atoms with Crippen LogP contribution in [0, 0.1) is 0 Å². The summed E-state index contributed by atoms with van der Waals surface area (Å²) < 4.78 is 6.48. The first kappa shape index (κ1) is 21.3. The Morgan fingerprint density at radius 1 is 1.12 bits per heavy atom. The topological polar surface area (TPSA) is 87.0 Å². The van der Waals surface area contributed by atoms with Crippen LogP contribution in [0.4, 0.5) is 0 Å². The molecular formula is C19H22Br2O5. The lowest BCUT2D eigenvalue weighted by molar-refractivity contribution is -0.110. The Hall–Kier alpha value is -0.990. The zero-order chi connectivity index (χ0) is 19.3. The summed E-state index contributed by atoms with van der Waals surface area (Å²) in [5.74, 6) is -0.269. The molecule has 0 heterocycles. The Labute approximate surface area is 169 Å². The lowest BCUT2D eigenvalue weighted by atomic mass is 9.84. The van der Waals surface area contributed by atoms with E-state index in [4.69, 9.17) is 14.9 Å². The average molecular weight is 490 g/mol. The maximum absolute atomic E-state index is 12.7. The van der Waals surface area contributed by atoms with Gasteiger partial charge in [-0.2, -0.15) is 0 Å². The third kappa shape index (κ3) is 4.64. The number of methoxy groups -OCH3 is 1. The highest BCUT2D eigenvalue weighted by Gasteiger charge is 2.34. The number of rotatable bonds is 8. The molecular weight excluding hydrogens is 468 g/mol. The maximum atomic E-state index is 12.7. The van der Waals surface area contributed by atoms with Crippen LogP contribution in [-0.4, -0.2) is 47.0 Å². The summed E-state index contributed by atoms with van der Waals surface area (Å²) in [4.78, 5) is 12.7. The van der Waals surface area contributed by atoms with Gasteiger partial charge in [-0.3, -0.25) is 4.79 Å². The zero-order valence-corrected chi connectivity index (χ0v) is 17.6. The molecule has 0 aliphatic heterocycles. The maximum Gasteiger partial charge on any atom is 0.200 e. The van der Waals surface area contributed by atoms with Crippen molar-refractivity contribution in [3.63, 3.8) is 0 Å². The Morgan fingerprint density at radius 2 is 1.81 bits per heavy atom. The van der Waals surface area contributed by atoms with Gasteiger partial charge in [0.1, 0.15) is 11.4 Å². The molecule has 3 N–H and O–H groups in total. The number of carbonyl (C=O) groups is 1. The van der Waals surface area contributed by atoms with E-state index in [1.54, 1.807) is 31.4 Å². The standard InChI is InChI=1S/C19H22Br2O5/c1-26-19(5-3-7-23)10-14(18(25)16(21)11-19)13-8-12(4-2-6-22)9-15(20)17(13)24/h8-11,22-24H,2-7H2,1H3. The van der Waals surface area contributed by atoms with Gasteiger partial charge in [0.15, 0.2) is 5.78 Å². The average Bonchev–Trinajstić information content (AvgIpc) is 2.63. The van der Waals surface area contributed by atoms with Gasteiger partial charge in [-0.25, -0.2) is 0 Å². The van der Waals surface area contributed by atoms with Crippen LogP contribution in [0.3, 0.4) is 0 Å². The van der Waals surface area contributed by atoms with Crippen molar-refractivity contribution < 1.29 is 24.9 Å². The van der Waals surface area contributed by atoms with Crippen molar-refractivity contribution in [1.82, 2.24) is 0 Å². The van der Waals surface area contributed by atoms with Crippen molar-refractivity contribution in [2.45, 2.75) is 31.3 Å². The molecule has 1 aromatic rings. The molecule has 1 aliphatic carbocycles. The number of phenols is 1. The van der Waals surface area contributed by atoms with E-state index in [2.05, 4.69) is 31.9 Å². The summed E-state index contributed by atoms with van der Waals surface area (Å²) in [5.41, 5.74) is 0.803. The van der Waals surface area contributed by atoms with E-state index in [1.807, 2.05) is 0 Å². The SMILES string of the molecule is COC1(CCCO)C=C(Br)C(=O)C(c2cc(CCCO)cc(Br)c2O)=C1. The number of phenolic OH excluding ortho intramolecular Hbond substituents is 1. The van der Waals surface area contributed by atoms with E-state index < -0.39 is 5.60 Å². The van der Waals surface area contributed by atoms with Crippen molar-refractivity contribution in [2.75, 3.05) is 20.3 Å². The van der Waals surface area contributed by atoms with E-state index in [9.17, 15) is 9.90 Å². The third-order valence-corrected chi connectivity index (χ3v) is 5.56. The molecule has 1 unspecified atom stereocenters. The number of aliphatic hydroxyl groups is 2. The van der Waals surface area contributed by atoms with Gasteiger partial charge in [0.05, 0.1) is 8.96 Å². The number of ether oxygens (including phenoxy) is 1. The number of hydrogen-bond acceptors (Lipinski definition) is 5. The number of benzene rings is 1. The van der Waals surface area contributed by atoms with E-state index in [1.165, 1.54) is 0 Å². The van der Waals surface area contributed by atoms with Crippen LogP contribution in [0.15, 0.2) is 33.2 Å². The Morgan fingerprint density at radius 3 is 2.42 bits per heavy atom. The molecule has 0 spiro atoms. The molecule has 1 aliphatic rings. The summed E-state index contributed by atoms with van der Waals surface area (Å²) in [6.07, 6.45) is 5.61. The van der Waals surface area contributed by atoms with Crippen LogP contribution in [0.25, 0.3) is 5.57 Å². The summed E-state index contributed by atoms with van der Waals surface area (Å²) in [6, 6.07) is 3.54. The van der Waals surface area contributed by atoms with Crippen LogP contribution >= 0.6 is 31.9 Å². The summed E-state index contributed by atoms with van der Waals surface area (Å²) >= 11 is 6.64. The predicted molar refractivity (Wildman–Crippen MR) is 107 cm³/mol. The van der Waals surface area contributed by atoms with Crippen molar-refractivity contribution in [1.29, 1.82) is 0 Å². The lowest BCUT2D eigenvalue weighted by Gasteiger charge is -2.31. The zero-order valence-electron chi connectivity index (χ0n) is 14.5. The molecule has 26 heavy (non-hydrogen) atoms. The lowest BCUT2D eigenvalue weighted by Crippen LogP contribution is -2.31. The minimum atomic E-state index is -0.842. The molecule has 0 saturated carbocycles. The molecule has 0 saturated heterocycles. The smallest absolute Gasteiger partial charge is 0.200 e. The monoisotopic (exact) mass is 488 g/mol. The van der Waals surface area contributed by atoms with E-state index in [0.717, 1.165) is 5.56 Å². The fourth-order valence-electron chi connectivity index (χ4n) is 2.97. The molecule has 7 heteroatoms. The van der Waals surface area contributed by atoms with Crippen molar-refractivity contribution in [3.05, 3.63) is 44.4 Å². The van der Waals surface area contributed by atoms with E-state index >= 15 is 0 Å². The molecule has 142 valence electrons. The second kappa shape index (κ2) is 9.28. The first-order chi connectivity index (χ1) is 12.4. The normalized spacial score (nSPS) is 20.1. The number of carbonyl (C=O) groups excluding carboxylic acids is 1. The highest BCUT2D eigenvalue weighted by Crippen LogP contribution is 2.41. The minimum Gasteiger partial charge on any atom is -0.506 e. The number of aromatic hydroxyl groups is 1. The number of hydrogen-bond donors (Lipinski definition) is 3. The van der Waals surface area contributed by atoms with Crippen LogP contribution in [0.5, 0.6) is 5.75 Å². The Kier molecular flexibility index (Phi) is 7.61. The largest absolute Gasteiger partial charge is 0.506 e. The van der Waals surface area contributed by atoms with Gasteiger partial charge in [0, 0.05) is 31.5 Å². The van der Waals surface area contributed by atoms with Gasteiger partial charge in [-0.15, -0.1) is 0 Å². The molecule has 0 radical (unpaired) electrons. The van der Waals surface area contributed by atoms with Gasteiger partial charge in [0.25, 0.3) is 0 Å². The quantitative estimate of drug-likeness (QED) is 0.520. The fraction of sp³-hybridized carbons (Fsp3) is 0.421. The van der Waals surface area contributed by atoms with Gasteiger partial charge in [0.2, 0.25) is 0 Å². The number of Topliss-reactive ketones (excluding diaryl/α,β-unsaturated/α-hetero) is 1. The van der Waals surface area contributed by atoms with E-state index in [0.29, 0.717) is 45.8 Å². The second-order valence-corrected chi connectivity index (χ2v) is 7.88. The van der Waals surface area contributed by atoms with Crippen molar-refractivity contribution in [3.8, 4) is 5.75 Å². The number of aliphatic hydroxyl groups excluding tert-OH is 2. The molecule has 0 bridgehead atoms. The van der Waals surface area contributed by atoms with Gasteiger partial charge in [-0.1, -0.05) is 0 Å². The van der Waals surface area contributed by atoms with Crippen LogP contribution < -0.4 is 0 Å². The summed E-state index contributed by atoms with van der Waals surface area (Å²) in [7, 11) is 1.55. The number of aryl methyl sites for hydroxylation is 1. The number of halogens is 2. The molecule has 0 amide bonds. The first-order valence-electron chi connectivity index (χ1n) is 8.32. The number of ketones is 1. The summed E-state index contributed by atoms with van der Waals surface area (Å²) in [5, 5.41) is 28.7. The molecule has 5 nitrogen and oxygen atoms in total. The highest BCUT2D eigenvalue weighted by atomic mass is 79.9. The fourth-order valence-corrected chi connectivity index (χ4v) is 4.08. The van der Waals surface area contributed by atoms with Crippen molar-refractivity contribution in [2.24, 2.45) is 0 Å². The molecule has 1 atom stereocenters. The Balaban J connectivity index is 2.55. The highest BCUT2D eigenvalue weighted by molar-refractivity contribution is 9.12. The molecule has 1 aromatic carbocycles. The molecule has 0 fully saturated rings. The molecule has 0 aromatic heterocycles. The molecule has 2 rings (SSSR count).